The fraction of sp³-hybridized carbons (Fsp3) is 0.606. The van der Waals surface area contributed by atoms with E-state index in [2.05, 4.69) is 65.2 Å². The molecule has 2 aromatic rings. The highest BCUT2D eigenvalue weighted by molar-refractivity contribution is 5.82. The number of benzene rings is 1. The Morgan fingerprint density at radius 1 is 1.00 bits per heavy atom. The molecule has 1 unspecified atom stereocenters. The second-order valence-electron chi connectivity index (χ2n) is 13.4. The molecule has 4 heterocycles. The lowest BCUT2D eigenvalue weighted by Gasteiger charge is -2.55. The van der Waals surface area contributed by atoms with E-state index in [4.69, 9.17) is 4.74 Å². The first-order valence-corrected chi connectivity index (χ1v) is 14.9. The molecule has 2 saturated carbocycles. The number of piperazine rings is 1. The van der Waals surface area contributed by atoms with Crippen molar-refractivity contribution in [2.75, 3.05) is 33.2 Å². The van der Waals surface area contributed by atoms with E-state index in [9.17, 15) is 0 Å². The van der Waals surface area contributed by atoms with Crippen LogP contribution in [0.2, 0.25) is 0 Å². The fourth-order valence-corrected chi connectivity index (χ4v) is 9.75. The van der Waals surface area contributed by atoms with Gasteiger partial charge in [-0.3, -0.25) is 9.88 Å². The molecule has 1 aromatic heterocycles. The van der Waals surface area contributed by atoms with Gasteiger partial charge in [0, 0.05) is 50.0 Å². The number of ether oxygens (including phenoxy) is 1. The predicted octanol–water partition coefficient (Wildman–Crippen LogP) is 6.09. The Balaban J connectivity index is 1.12. The van der Waals surface area contributed by atoms with E-state index in [-0.39, 0.29) is 16.6 Å². The van der Waals surface area contributed by atoms with Gasteiger partial charge in [0.25, 0.3) is 0 Å². The minimum absolute atomic E-state index is 0.00540. The molecule has 0 N–H and O–H groups in total. The van der Waals surface area contributed by atoms with Crippen LogP contribution in [0, 0.1) is 11.3 Å². The molecule has 8 rings (SSSR count). The molecule has 6 aliphatic rings. The van der Waals surface area contributed by atoms with Crippen LogP contribution in [0.25, 0.3) is 10.8 Å². The summed E-state index contributed by atoms with van der Waals surface area (Å²) in [6, 6.07) is 9.95. The van der Waals surface area contributed by atoms with Gasteiger partial charge in [0.1, 0.15) is 0 Å². The normalized spacial score (nSPS) is 41.6. The van der Waals surface area contributed by atoms with Crippen molar-refractivity contribution >= 4 is 10.8 Å². The summed E-state index contributed by atoms with van der Waals surface area (Å²) >= 11 is 0. The van der Waals surface area contributed by atoms with Gasteiger partial charge in [0.2, 0.25) is 0 Å². The molecular formula is C33H41N3O. The van der Waals surface area contributed by atoms with Crippen molar-refractivity contribution in [2.45, 2.75) is 81.5 Å². The standard InChI is InChI=1S/C33H41N3O/c1-31-11-9-27-20-26-5-6-28(36-17-15-35(2)16-18-36)21-32(26)12-13-33(27,37-32)30(31)8-7-29(31)24-4-3-23-10-14-34-22-25(23)19-24/h3-4,9-10,14,19-20,22,28-30H,5-8,11-13,15-18,21H2,1-2H3/t28-,29+,30+,31+,32+,33?/m0/s1. The third-order valence-corrected chi connectivity index (χ3v) is 11.8. The maximum absolute atomic E-state index is 7.57. The van der Waals surface area contributed by atoms with Crippen molar-refractivity contribution in [2.24, 2.45) is 11.3 Å². The molecule has 6 atom stereocenters. The summed E-state index contributed by atoms with van der Waals surface area (Å²) in [5.41, 5.74) is 4.85. The lowest BCUT2D eigenvalue weighted by atomic mass is 9.58. The zero-order chi connectivity index (χ0) is 24.8. The highest BCUT2D eigenvalue weighted by Crippen LogP contribution is 2.69. The fourth-order valence-electron chi connectivity index (χ4n) is 9.75. The predicted molar refractivity (Wildman–Crippen MR) is 149 cm³/mol. The molecule has 2 bridgehead atoms. The summed E-state index contributed by atoms with van der Waals surface area (Å²) in [5.74, 6) is 1.19. The number of aromatic nitrogens is 1. The van der Waals surface area contributed by atoms with Gasteiger partial charge in [-0.25, -0.2) is 0 Å². The first kappa shape index (κ1) is 22.9. The largest absolute Gasteiger partial charge is 0.359 e. The molecule has 0 amide bonds. The van der Waals surface area contributed by atoms with Crippen molar-refractivity contribution in [1.29, 1.82) is 0 Å². The van der Waals surface area contributed by atoms with Crippen molar-refractivity contribution in [1.82, 2.24) is 14.8 Å². The molecule has 0 radical (unpaired) electrons. The minimum Gasteiger partial charge on any atom is -0.359 e. The third-order valence-electron chi connectivity index (χ3n) is 11.8. The molecule has 4 heteroatoms. The van der Waals surface area contributed by atoms with E-state index >= 15 is 0 Å². The molecule has 2 saturated heterocycles. The average molecular weight is 496 g/mol. The topological polar surface area (TPSA) is 28.6 Å². The van der Waals surface area contributed by atoms with E-state index in [1.165, 1.54) is 93.9 Å². The van der Waals surface area contributed by atoms with Crippen LogP contribution in [-0.2, 0) is 4.74 Å². The minimum atomic E-state index is -0.0618. The van der Waals surface area contributed by atoms with Crippen LogP contribution in [0.4, 0.5) is 0 Å². The summed E-state index contributed by atoms with van der Waals surface area (Å²) in [6.07, 6.45) is 19.1. The molecule has 1 aromatic carbocycles. The molecular weight excluding hydrogens is 454 g/mol. The number of fused-ring (bicyclic) bond motifs is 2. The summed E-state index contributed by atoms with van der Waals surface area (Å²) in [6.45, 7) is 7.44. The smallest absolute Gasteiger partial charge is 0.0974 e. The van der Waals surface area contributed by atoms with Gasteiger partial charge in [0.15, 0.2) is 0 Å². The Kier molecular flexibility index (Phi) is 4.96. The van der Waals surface area contributed by atoms with Crippen molar-refractivity contribution in [3.8, 4) is 0 Å². The summed E-state index contributed by atoms with van der Waals surface area (Å²) < 4.78 is 7.57. The van der Waals surface area contributed by atoms with Gasteiger partial charge in [-0.2, -0.15) is 0 Å². The lowest BCUT2D eigenvalue weighted by molar-refractivity contribution is -0.141. The molecule has 3 aliphatic heterocycles. The molecule has 4 nitrogen and oxygen atoms in total. The Morgan fingerprint density at radius 2 is 1.89 bits per heavy atom. The van der Waals surface area contributed by atoms with Gasteiger partial charge in [-0.05, 0) is 110 Å². The van der Waals surface area contributed by atoms with Crippen LogP contribution in [0.3, 0.4) is 0 Å². The zero-order valence-electron chi connectivity index (χ0n) is 22.6. The maximum atomic E-state index is 7.57. The lowest BCUT2D eigenvalue weighted by Crippen LogP contribution is -2.57. The number of nitrogens with zero attached hydrogens (tertiary/aromatic N) is 3. The molecule has 3 aliphatic carbocycles. The molecule has 4 fully saturated rings. The zero-order valence-corrected chi connectivity index (χ0v) is 22.6. The van der Waals surface area contributed by atoms with Gasteiger partial charge < -0.3 is 9.64 Å². The molecule has 194 valence electrons. The van der Waals surface area contributed by atoms with Crippen molar-refractivity contribution in [3.63, 3.8) is 0 Å². The number of rotatable bonds is 2. The van der Waals surface area contributed by atoms with Crippen molar-refractivity contribution < 1.29 is 4.74 Å². The Hall–Kier alpha value is -2.01. The summed E-state index contributed by atoms with van der Waals surface area (Å²) in [5, 5.41) is 2.57. The van der Waals surface area contributed by atoms with Crippen LogP contribution in [-0.4, -0.2) is 65.3 Å². The number of hydrogen-bond donors (Lipinski definition) is 0. The monoisotopic (exact) mass is 495 g/mol. The van der Waals surface area contributed by atoms with Crippen LogP contribution in [0.1, 0.15) is 69.8 Å². The summed E-state index contributed by atoms with van der Waals surface area (Å²) in [7, 11) is 2.26. The average Bonchev–Trinajstić information content (AvgIpc) is 3.43. The highest BCUT2D eigenvalue weighted by Gasteiger charge is 2.66. The van der Waals surface area contributed by atoms with Gasteiger partial charge in [0.05, 0.1) is 11.2 Å². The second kappa shape index (κ2) is 8.00. The van der Waals surface area contributed by atoms with E-state index in [0.717, 1.165) is 0 Å². The Labute approximate surface area is 221 Å². The van der Waals surface area contributed by atoms with Crippen LogP contribution >= 0.6 is 0 Å². The van der Waals surface area contributed by atoms with E-state index in [1.54, 1.807) is 11.1 Å². The first-order valence-electron chi connectivity index (χ1n) is 14.9. The van der Waals surface area contributed by atoms with Crippen molar-refractivity contribution in [3.05, 3.63) is 65.5 Å². The Bertz CT molecular complexity index is 1310. The molecule has 2 spiro atoms. The number of hydrogen-bond acceptors (Lipinski definition) is 4. The quantitative estimate of drug-likeness (QED) is 0.504. The summed E-state index contributed by atoms with van der Waals surface area (Å²) in [4.78, 5) is 9.67. The van der Waals surface area contributed by atoms with Crippen LogP contribution in [0.5, 0.6) is 0 Å². The SMILES string of the molecule is CN1CCN([C@H]2CCC3=CC4=CC[C@]5(C)[C@@H](c6ccc7ccncc7c6)CC[C@H]5C45CC[C@]3(C2)O5)CC1. The number of allylic oxidation sites excluding steroid dienone is 1. The highest BCUT2D eigenvalue weighted by atomic mass is 16.5. The number of likely N-dealkylation sites (N-methyl/N-ethyl adjacent to an activating group) is 1. The van der Waals surface area contributed by atoms with Gasteiger partial charge in [-0.1, -0.05) is 31.2 Å². The molecule has 37 heavy (non-hydrogen) atoms. The van der Waals surface area contributed by atoms with E-state index < -0.39 is 0 Å². The van der Waals surface area contributed by atoms with E-state index in [0.29, 0.717) is 17.9 Å². The van der Waals surface area contributed by atoms with Gasteiger partial charge in [-0.15, -0.1) is 0 Å². The maximum Gasteiger partial charge on any atom is 0.0974 e. The van der Waals surface area contributed by atoms with Gasteiger partial charge >= 0.3 is 0 Å². The Morgan fingerprint density at radius 3 is 2.78 bits per heavy atom. The van der Waals surface area contributed by atoms with E-state index in [1.807, 2.05) is 12.4 Å². The van der Waals surface area contributed by atoms with Crippen LogP contribution in [0.15, 0.2) is 60.0 Å². The number of pyridine rings is 1. The second-order valence-corrected chi connectivity index (χ2v) is 13.4. The third kappa shape index (κ3) is 3.22. The first-order chi connectivity index (χ1) is 18.0. The van der Waals surface area contributed by atoms with Crippen LogP contribution < -0.4 is 0 Å².